The molecule has 2 aromatic carbocycles. The van der Waals surface area contributed by atoms with Crippen molar-refractivity contribution < 1.29 is 14.6 Å². The number of carbonyl (C=O) groups is 1. The molecule has 32 heavy (non-hydrogen) atoms. The quantitative estimate of drug-likeness (QED) is 0.462. The van der Waals surface area contributed by atoms with Gasteiger partial charge in [-0.3, -0.25) is 0 Å². The van der Waals surface area contributed by atoms with Crippen molar-refractivity contribution >= 4 is 5.97 Å². The van der Waals surface area contributed by atoms with Gasteiger partial charge in [-0.25, -0.2) is 4.79 Å². The number of carboxylic acids is 1. The molecule has 1 N–H and O–H groups in total. The molecule has 172 valence electrons. The number of hydrogen-bond donors (Lipinski definition) is 1. The minimum absolute atomic E-state index is 0.153. The molecule has 0 saturated carbocycles. The lowest BCUT2D eigenvalue weighted by atomic mass is 9.61. The largest absolute Gasteiger partial charge is 0.492 e. The van der Waals surface area contributed by atoms with E-state index in [1.165, 1.54) is 48.8 Å². The third-order valence-corrected chi connectivity index (χ3v) is 8.08. The number of benzene rings is 2. The van der Waals surface area contributed by atoms with Gasteiger partial charge in [0.15, 0.2) is 0 Å². The van der Waals surface area contributed by atoms with E-state index in [2.05, 4.69) is 52.8 Å². The summed E-state index contributed by atoms with van der Waals surface area (Å²) in [5.41, 5.74) is 5.82. The summed E-state index contributed by atoms with van der Waals surface area (Å²) in [4.78, 5) is 11.5. The van der Waals surface area contributed by atoms with Crippen LogP contribution in [0.4, 0.5) is 0 Å². The van der Waals surface area contributed by atoms with E-state index in [0.29, 0.717) is 12.2 Å². The van der Waals surface area contributed by atoms with Gasteiger partial charge in [-0.15, -0.1) is 0 Å². The lowest BCUT2D eigenvalue weighted by Gasteiger charge is -2.43. The van der Waals surface area contributed by atoms with Crippen LogP contribution in [0.5, 0.6) is 5.75 Å². The number of hydrogen-bond acceptors (Lipinski definition) is 2. The van der Waals surface area contributed by atoms with E-state index in [1.54, 1.807) is 12.1 Å². The summed E-state index contributed by atoms with van der Waals surface area (Å²) in [5, 5.41) is 9.45. The van der Waals surface area contributed by atoms with Crippen LogP contribution in [0.25, 0.3) is 0 Å². The van der Waals surface area contributed by atoms with Gasteiger partial charge in [-0.05, 0) is 58.9 Å². The lowest BCUT2D eigenvalue weighted by Crippen LogP contribution is -2.36. The Morgan fingerprint density at radius 3 is 2.28 bits per heavy atom. The zero-order chi connectivity index (χ0) is 23.1. The maximum Gasteiger partial charge on any atom is 0.335 e. The number of carboxylic acid groups (broad SMARTS) is 1. The summed E-state index contributed by atoms with van der Waals surface area (Å²) in [6, 6.07) is 12.6. The molecule has 2 aliphatic rings. The molecular formula is C29H38O3. The van der Waals surface area contributed by atoms with E-state index >= 15 is 0 Å². The Morgan fingerprint density at radius 2 is 1.59 bits per heavy atom. The molecule has 3 heteroatoms. The first-order chi connectivity index (χ1) is 15.1. The lowest BCUT2D eigenvalue weighted by molar-refractivity contribution is 0.0696. The SMILES string of the molecule is CCCCCCC1(c2ccc3c(c2)C(C)(C)CCC3(C)C)COc2cc(C(=O)O)ccc21. The van der Waals surface area contributed by atoms with Crippen molar-refractivity contribution in [2.45, 2.75) is 95.8 Å². The van der Waals surface area contributed by atoms with Crippen molar-refractivity contribution in [1.29, 1.82) is 0 Å². The highest BCUT2D eigenvalue weighted by Crippen LogP contribution is 2.51. The van der Waals surface area contributed by atoms with Gasteiger partial charge in [0, 0.05) is 5.56 Å². The van der Waals surface area contributed by atoms with Crippen LogP contribution in [-0.4, -0.2) is 17.7 Å². The Morgan fingerprint density at radius 1 is 0.906 bits per heavy atom. The number of rotatable bonds is 7. The fourth-order valence-electron chi connectivity index (χ4n) is 5.78. The topological polar surface area (TPSA) is 46.5 Å². The summed E-state index contributed by atoms with van der Waals surface area (Å²) < 4.78 is 6.19. The molecule has 1 atom stereocenters. The van der Waals surface area contributed by atoms with Crippen LogP contribution in [0.3, 0.4) is 0 Å². The Hall–Kier alpha value is -2.29. The Balaban J connectivity index is 1.83. The van der Waals surface area contributed by atoms with Crippen LogP contribution >= 0.6 is 0 Å². The highest BCUT2D eigenvalue weighted by Gasteiger charge is 2.44. The van der Waals surface area contributed by atoms with Crippen LogP contribution in [0, 0.1) is 0 Å². The average Bonchev–Trinajstić information content (AvgIpc) is 3.13. The maximum atomic E-state index is 11.5. The van der Waals surface area contributed by atoms with E-state index < -0.39 is 5.97 Å². The third-order valence-electron chi connectivity index (χ3n) is 8.08. The molecule has 0 bridgehead atoms. The fourth-order valence-corrected chi connectivity index (χ4v) is 5.78. The molecule has 1 aliphatic heterocycles. The van der Waals surface area contributed by atoms with Crippen molar-refractivity contribution in [2.24, 2.45) is 0 Å². The standard InChI is InChI=1S/C29H38O3/c1-6-7-8-9-14-29(19-32-25-17-20(26(30)31)10-12-23(25)29)21-11-13-22-24(18-21)28(4,5)16-15-27(22,2)3/h10-13,17-18H,6-9,14-16,19H2,1-5H3,(H,30,31). The smallest absolute Gasteiger partial charge is 0.335 e. The molecule has 1 unspecified atom stereocenters. The Kier molecular flexibility index (Phi) is 5.90. The molecule has 0 spiro atoms. The van der Waals surface area contributed by atoms with Gasteiger partial charge in [-0.2, -0.15) is 0 Å². The van der Waals surface area contributed by atoms with E-state index in [-0.39, 0.29) is 16.2 Å². The predicted octanol–water partition coefficient (Wildman–Crippen LogP) is 7.38. The molecule has 0 aromatic heterocycles. The molecule has 4 rings (SSSR count). The summed E-state index contributed by atoms with van der Waals surface area (Å²) in [7, 11) is 0. The molecule has 0 amide bonds. The van der Waals surface area contributed by atoms with Crippen molar-refractivity contribution in [1.82, 2.24) is 0 Å². The van der Waals surface area contributed by atoms with Crippen LogP contribution in [0.2, 0.25) is 0 Å². The summed E-state index contributed by atoms with van der Waals surface area (Å²) in [5.74, 6) is -0.174. The predicted molar refractivity (Wildman–Crippen MR) is 130 cm³/mol. The first kappa shape index (κ1) is 22.9. The molecule has 1 aliphatic carbocycles. The Labute approximate surface area is 193 Å². The third kappa shape index (κ3) is 3.84. The summed E-state index contributed by atoms with van der Waals surface area (Å²) in [6.45, 7) is 12.3. The second-order valence-electron chi connectivity index (χ2n) is 11.2. The van der Waals surface area contributed by atoms with Gasteiger partial charge in [-0.1, -0.05) is 84.6 Å². The second-order valence-corrected chi connectivity index (χ2v) is 11.2. The van der Waals surface area contributed by atoms with Gasteiger partial charge < -0.3 is 9.84 Å². The molecule has 2 aromatic rings. The molecular weight excluding hydrogens is 396 g/mol. The molecule has 1 heterocycles. The molecule has 0 radical (unpaired) electrons. The van der Waals surface area contributed by atoms with E-state index in [1.807, 2.05) is 6.07 Å². The Bertz CT molecular complexity index is 1020. The van der Waals surface area contributed by atoms with E-state index in [0.717, 1.165) is 24.2 Å². The second kappa shape index (κ2) is 8.24. The van der Waals surface area contributed by atoms with Crippen molar-refractivity contribution in [3.63, 3.8) is 0 Å². The number of aromatic carboxylic acids is 1. The highest BCUT2D eigenvalue weighted by atomic mass is 16.5. The van der Waals surface area contributed by atoms with Crippen molar-refractivity contribution in [2.75, 3.05) is 6.61 Å². The first-order valence-corrected chi connectivity index (χ1v) is 12.3. The van der Waals surface area contributed by atoms with Gasteiger partial charge in [0.05, 0.1) is 11.0 Å². The van der Waals surface area contributed by atoms with Gasteiger partial charge in [0.25, 0.3) is 0 Å². The van der Waals surface area contributed by atoms with Crippen LogP contribution in [0.1, 0.15) is 112 Å². The van der Waals surface area contributed by atoms with E-state index in [9.17, 15) is 9.90 Å². The number of ether oxygens (including phenoxy) is 1. The minimum atomic E-state index is -0.908. The monoisotopic (exact) mass is 434 g/mol. The average molecular weight is 435 g/mol. The molecule has 0 fully saturated rings. The summed E-state index contributed by atoms with van der Waals surface area (Å²) in [6.07, 6.45) is 8.23. The highest BCUT2D eigenvalue weighted by molar-refractivity contribution is 5.88. The minimum Gasteiger partial charge on any atom is -0.492 e. The van der Waals surface area contributed by atoms with Crippen LogP contribution < -0.4 is 4.74 Å². The van der Waals surface area contributed by atoms with Gasteiger partial charge in [0.2, 0.25) is 0 Å². The first-order valence-electron chi connectivity index (χ1n) is 12.3. The number of unbranched alkanes of at least 4 members (excludes halogenated alkanes) is 3. The van der Waals surface area contributed by atoms with Crippen molar-refractivity contribution in [3.05, 3.63) is 64.2 Å². The molecule has 0 saturated heterocycles. The molecule has 3 nitrogen and oxygen atoms in total. The maximum absolute atomic E-state index is 11.5. The van der Waals surface area contributed by atoms with Crippen molar-refractivity contribution in [3.8, 4) is 5.75 Å². The zero-order valence-electron chi connectivity index (χ0n) is 20.4. The van der Waals surface area contributed by atoms with Crippen LogP contribution in [-0.2, 0) is 16.2 Å². The van der Waals surface area contributed by atoms with Gasteiger partial charge >= 0.3 is 5.97 Å². The number of fused-ring (bicyclic) bond motifs is 2. The van der Waals surface area contributed by atoms with Gasteiger partial charge in [0.1, 0.15) is 12.4 Å². The zero-order valence-corrected chi connectivity index (χ0v) is 20.4. The van der Waals surface area contributed by atoms with E-state index in [4.69, 9.17) is 4.74 Å². The fraction of sp³-hybridized carbons (Fsp3) is 0.552. The summed E-state index contributed by atoms with van der Waals surface area (Å²) >= 11 is 0. The normalized spacial score (nSPS) is 22.7. The van der Waals surface area contributed by atoms with Crippen LogP contribution in [0.15, 0.2) is 36.4 Å².